The number of hydrogen-bond donors (Lipinski definition) is 0. The molecule has 1 aliphatic heterocycles. The van der Waals surface area contributed by atoms with Crippen molar-refractivity contribution in [3.63, 3.8) is 0 Å². The molecule has 31 heavy (non-hydrogen) atoms. The lowest BCUT2D eigenvalue weighted by Gasteiger charge is -2.35. The van der Waals surface area contributed by atoms with Gasteiger partial charge >= 0.3 is 0 Å². The molecule has 9 nitrogen and oxygen atoms in total. The third kappa shape index (κ3) is 5.21. The summed E-state index contributed by atoms with van der Waals surface area (Å²) in [6, 6.07) is 7.29. The fourth-order valence-electron chi connectivity index (χ4n) is 3.93. The number of amides is 2. The molecule has 0 radical (unpaired) electrons. The van der Waals surface area contributed by atoms with Gasteiger partial charge < -0.3 is 14.5 Å². The molecule has 1 aromatic carbocycles. The van der Waals surface area contributed by atoms with E-state index in [0.29, 0.717) is 38.2 Å². The Hall–Kier alpha value is -2.97. The van der Waals surface area contributed by atoms with Gasteiger partial charge in [-0.2, -0.15) is 0 Å². The van der Waals surface area contributed by atoms with Gasteiger partial charge in [0, 0.05) is 38.5 Å². The maximum absolute atomic E-state index is 13.5. The molecule has 0 saturated carbocycles. The largest absolute Gasteiger partial charge is 0.497 e. The Kier molecular flexibility index (Phi) is 7.25. The van der Waals surface area contributed by atoms with Crippen molar-refractivity contribution in [2.45, 2.75) is 52.1 Å². The standard InChI is InChI=1S/C22H32N6O3/c1-15(2)26(4)21(29)18-9-11-27(12-10-18)22(30)20(28-16(3)23-24-25-28)14-17-7-6-8-19(13-17)31-5/h6-8,13,15,18,20H,9-12,14H2,1-5H3/t20-/m0/s1. The van der Waals surface area contributed by atoms with Crippen LogP contribution in [0.1, 0.15) is 44.1 Å². The molecule has 2 heterocycles. The van der Waals surface area contributed by atoms with Crippen molar-refractivity contribution in [2.24, 2.45) is 5.92 Å². The average molecular weight is 429 g/mol. The molecule has 0 N–H and O–H groups in total. The monoisotopic (exact) mass is 428 g/mol. The maximum atomic E-state index is 13.5. The molecule has 1 aliphatic rings. The molecule has 1 saturated heterocycles. The molecule has 1 atom stereocenters. The predicted molar refractivity (Wildman–Crippen MR) is 115 cm³/mol. The van der Waals surface area contributed by atoms with E-state index < -0.39 is 6.04 Å². The third-order valence-electron chi connectivity index (χ3n) is 6.08. The number of ether oxygens (including phenoxy) is 1. The number of carbonyl (C=O) groups is 2. The average Bonchev–Trinajstić information content (AvgIpc) is 3.21. The van der Waals surface area contributed by atoms with Gasteiger partial charge in [0.1, 0.15) is 17.6 Å². The molecule has 0 spiro atoms. The van der Waals surface area contributed by atoms with Crippen LogP contribution in [0.5, 0.6) is 5.75 Å². The van der Waals surface area contributed by atoms with Gasteiger partial charge in [-0.3, -0.25) is 9.59 Å². The van der Waals surface area contributed by atoms with E-state index in [-0.39, 0.29) is 23.8 Å². The van der Waals surface area contributed by atoms with E-state index in [1.165, 1.54) is 0 Å². The first-order chi connectivity index (χ1) is 14.8. The summed E-state index contributed by atoms with van der Waals surface area (Å²) < 4.78 is 6.91. The summed E-state index contributed by atoms with van der Waals surface area (Å²) in [7, 11) is 3.46. The summed E-state index contributed by atoms with van der Waals surface area (Å²) in [5.74, 6) is 1.42. The Bertz CT molecular complexity index is 904. The van der Waals surface area contributed by atoms with Crippen molar-refractivity contribution in [3.05, 3.63) is 35.7 Å². The van der Waals surface area contributed by atoms with E-state index in [9.17, 15) is 9.59 Å². The molecule has 0 aliphatic carbocycles. The van der Waals surface area contributed by atoms with Gasteiger partial charge in [0.05, 0.1) is 7.11 Å². The topological polar surface area (TPSA) is 93.5 Å². The van der Waals surface area contributed by atoms with Crippen LogP contribution in [0, 0.1) is 12.8 Å². The highest BCUT2D eigenvalue weighted by Gasteiger charge is 2.34. The number of carbonyl (C=O) groups excluding carboxylic acids is 2. The van der Waals surface area contributed by atoms with Gasteiger partial charge in [0.15, 0.2) is 0 Å². The Morgan fingerprint density at radius 2 is 1.97 bits per heavy atom. The summed E-state index contributed by atoms with van der Waals surface area (Å²) in [5, 5.41) is 11.8. The number of hydrogen-bond acceptors (Lipinski definition) is 6. The smallest absolute Gasteiger partial charge is 0.247 e. The number of tetrazole rings is 1. The summed E-state index contributed by atoms with van der Waals surface area (Å²) in [5.41, 5.74) is 0.969. The van der Waals surface area contributed by atoms with Crippen molar-refractivity contribution in [3.8, 4) is 5.75 Å². The molecule has 0 unspecified atom stereocenters. The van der Waals surface area contributed by atoms with Gasteiger partial charge in [0.25, 0.3) is 0 Å². The molecule has 2 amide bonds. The van der Waals surface area contributed by atoms with E-state index in [4.69, 9.17) is 4.74 Å². The van der Waals surface area contributed by atoms with Crippen LogP contribution in [0.2, 0.25) is 0 Å². The Balaban J connectivity index is 1.74. The second kappa shape index (κ2) is 9.89. The maximum Gasteiger partial charge on any atom is 0.247 e. The summed E-state index contributed by atoms with van der Waals surface area (Å²) in [6.07, 6.45) is 1.79. The number of nitrogens with zero attached hydrogens (tertiary/aromatic N) is 6. The zero-order chi connectivity index (χ0) is 22.5. The lowest BCUT2D eigenvalue weighted by Crippen LogP contribution is -2.47. The molecule has 168 valence electrons. The second-order valence-electron chi connectivity index (χ2n) is 8.38. The minimum atomic E-state index is -0.548. The van der Waals surface area contributed by atoms with E-state index >= 15 is 0 Å². The summed E-state index contributed by atoms with van der Waals surface area (Å²) in [6.45, 7) is 6.91. The number of aromatic nitrogens is 4. The second-order valence-corrected chi connectivity index (χ2v) is 8.38. The van der Waals surface area contributed by atoms with E-state index in [0.717, 1.165) is 11.3 Å². The van der Waals surface area contributed by atoms with Crippen molar-refractivity contribution in [2.75, 3.05) is 27.2 Å². The highest BCUT2D eigenvalue weighted by Crippen LogP contribution is 2.25. The molecule has 1 fully saturated rings. The van der Waals surface area contributed by atoms with Crippen LogP contribution in [0.4, 0.5) is 0 Å². The Morgan fingerprint density at radius 3 is 2.55 bits per heavy atom. The Labute approximate surface area is 183 Å². The molecule has 2 aromatic rings. The molecule has 0 bridgehead atoms. The fraction of sp³-hybridized carbons (Fsp3) is 0.591. The van der Waals surface area contributed by atoms with Crippen molar-refractivity contribution < 1.29 is 14.3 Å². The normalized spacial score (nSPS) is 15.7. The molecular formula is C22H32N6O3. The number of likely N-dealkylation sites (tertiary alicyclic amines) is 1. The Morgan fingerprint density at radius 1 is 1.26 bits per heavy atom. The van der Waals surface area contributed by atoms with Crippen LogP contribution in [-0.4, -0.2) is 75.1 Å². The van der Waals surface area contributed by atoms with E-state index in [2.05, 4.69) is 15.5 Å². The number of benzene rings is 1. The van der Waals surface area contributed by atoms with Crippen LogP contribution >= 0.6 is 0 Å². The SMILES string of the molecule is COc1cccc(C[C@@H](C(=O)N2CCC(C(=O)N(C)C(C)C)CC2)n2nnnc2C)c1. The minimum Gasteiger partial charge on any atom is -0.497 e. The molecule has 1 aromatic heterocycles. The molecular weight excluding hydrogens is 396 g/mol. The molecule has 3 rings (SSSR count). The van der Waals surface area contributed by atoms with Gasteiger partial charge in [0.2, 0.25) is 11.8 Å². The number of methoxy groups -OCH3 is 1. The highest BCUT2D eigenvalue weighted by atomic mass is 16.5. The first kappa shape index (κ1) is 22.7. The highest BCUT2D eigenvalue weighted by molar-refractivity contribution is 5.82. The van der Waals surface area contributed by atoms with Crippen LogP contribution < -0.4 is 4.74 Å². The van der Waals surface area contributed by atoms with Gasteiger partial charge in [-0.25, -0.2) is 4.68 Å². The van der Waals surface area contributed by atoms with E-state index in [1.807, 2.05) is 50.1 Å². The van der Waals surface area contributed by atoms with Gasteiger partial charge in [-0.05, 0) is 61.7 Å². The molecule has 9 heteroatoms. The van der Waals surface area contributed by atoms with Crippen LogP contribution in [-0.2, 0) is 16.0 Å². The van der Waals surface area contributed by atoms with Crippen LogP contribution in [0.3, 0.4) is 0 Å². The quantitative estimate of drug-likeness (QED) is 0.668. The van der Waals surface area contributed by atoms with Crippen molar-refractivity contribution in [1.29, 1.82) is 0 Å². The van der Waals surface area contributed by atoms with Crippen LogP contribution in [0.25, 0.3) is 0 Å². The number of aryl methyl sites for hydroxylation is 1. The summed E-state index contributed by atoms with van der Waals surface area (Å²) in [4.78, 5) is 29.8. The van der Waals surface area contributed by atoms with Crippen molar-refractivity contribution >= 4 is 11.8 Å². The first-order valence-corrected chi connectivity index (χ1v) is 10.7. The predicted octanol–water partition coefficient (Wildman–Crippen LogP) is 1.88. The van der Waals surface area contributed by atoms with Crippen LogP contribution in [0.15, 0.2) is 24.3 Å². The number of rotatable bonds is 7. The van der Waals surface area contributed by atoms with Crippen molar-refractivity contribution in [1.82, 2.24) is 30.0 Å². The zero-order valence-corrected chi connectivity index (χ0v) is 19.0. The first-order valence-electron chi connectivity index (χ1n) is 10.7. The lowest BCUT2D eigenvalue weighted by atomic mass is 9.94. The van der Waals surface area contributed by atoms with Gasteiger partial charge in [-0.15, -0.1) is 5.10 Å². The zero-order valence-electron chi connectivity index (χ0n) is 19.0. The van der Waals surface area contributed by atoms with E-state index in [1.54, 1.807) is 23.6 Å². The lowest BCUT2D eigenvalue weighted by molar-refractivity contribution is -0.142. The minimum absolute atomic E-state index is 0.0265. The summed E-state index contributed by atoms with van der Waals surface area (Å²) >= 11 is 0. The third-order valence-corrected chi connectivity index (χ3v) is 6.08. The van der Waals surface area contributed by atoms with Gasteiger partial charge in [-0.1, -0.05) is 12.1 Å². The fourth-order valence-corrected chi connectivity index (χ4v) is 3.93. The number of piperidine rings is 1.